The number of carbonyl (C=O) groups is 2. The van der Waals surface area contributed by atoms with Crippen LogP contribution in [0.4, 0.5) is 0 Å². The smallest absolute Gasteiger partial charge is 0.311 e. The number of carbonyl (C=O) groups excluding carboxylic acids is 1. The number of aliphatic carboxylic acids is 1. The zero-order chi connectivity index (χ0) is 15.3. The highest BCUT2D eigenvalue weighted by atomic mass is 16.5. The zero-order valence-corrected chi connectivity index (χ0v) is 12.9. The summed E-state index contributed by atoms with van der Waals surface area (Å²) in [7, 11) is 0. The summed E-state index contributed by atoms with van der Waals surface area (Å²) in [6.07, 6.45) is 6.89. The largest absolute Gasteiger partial charge is 0.481 e. The molecule has 0 aromatic rings. The van der Waals surface area contributed by atoms with Gasteiger partial charge in [0.1, 0.15) is 0 Å². The first-order chi connectivity index (χ1) is 10.0. The summed E-state index contributed by atoms with van der Waals surface area (Å²) >= 11 is 0. The van der Waals surface area contributed by atoms with Crippen LogP contribution in [0.1, 0.15) is 51.9 Å². The molecule has 1 aliphatic heterocycles. The maximum absolute atomic E-state index is 12.2. The summed E-state index contributed by atoms with van der Waals surface area (Å²) < 4.78 is 5.24. The van der Waals surface area contributed by atoms with Crippen molar-refractivity contribution < 1.29 is 19.4 Å². The first-order valence-corrected chi connectivity index (χ1v) is 8.12. The molecule has 120 valence electrons. The van der Waals surface area contributed by atoms with E-state index in [-0.39, 0.29) is 18.4 Å². The van der Waals surface area contributed by atoms with E-state index in [1.807, 2.05) is 6.92 Å². The maximum Gasteiger partial charge on any atom is 0.311 e. The number of nitrogens with one attached hydrogen (secondary N) is 1. The molecule has 2 N–H and O–H groups in total. The van der Waals surface area contributed by atoms with E-state index in [4.69, 9.17) is 4.74 Å². The predicted molar refractivity (Wildman–Crippen MR) is 78.9 cm³/mol. The Morgan fingerprint density at radius 1 is 1.29 bits per heavy atom. The highest BCUT2D eigenvalue weighted by Gasteiger charge is 2.40. The molecule has 5 heteroatoms. The highest BCUT2D eigenvalue weighted by Crippen LogP contribution is 2.32. The summed E-state index contributed by atoms with van der Waals surface area (Å²) in [4.78, 5) is 23.7. The fraction of sp³-hybridized carbons (Fsp3) is 0.875. The molecule has 2 rings (SSSR count). The van der Waals surface area contributed by atoms with Crippen LogP contribution in [0.25, 0.3) is 0 Å². The first-order valence-electron chi connectivity index (χ1n) is 8.12. The van der Waals surface area contributed by atoms with Crippen LogP contribution in [-0.4, -0.2) is 36.7 Å². The molecule has 0 bridgehead atoms. The van der Waals surface area contributed by atoms with E-state index in [1.54, 1.807) is 0 Å². The van der Waals surface area contributed by atoms with Gasteiger partial charge < -0.3 is 15.2 Å². The molecular weight excluding hydrogens is 270 g/mol. The lowest BCUT2D eigenvalue weighted by Crippen LogP contribution is -2.47. The lowest BCUT2D eigenvalue weighted by Gasteiger charge is -2.33. The van der Waals surface area contributed by atoms with Gasteiger partial charge in [-0.15, -0.1) is 0 Å². The van der Waals surface area contributed by atoms with Crippen LogP contribution in [0, 0.1) is 17.3 Å². The molecule has 1 atom stereocenters. The van der Waals surface area contributed by atoms with Gasteiger partial charge in [0.15, 0.2) is 0 Å². The lowest BCUT2D eigenvalue weighted by atomic mass is 9.80. The van der Waals surface area contributed by atoms with Gasteiger partial charge in [0.25, 0.3) is 0 Å². The molecule has 1 aliphatic carbocycles. The van der Waals surface area contributed by atoms with Crippen LogP contribution in [0.15, 0.2) is 0 Å². The van der Waals surface area contributed by atoms with Crippen molar-refractivity contribution >= 4 is 11.9 Å². The van der Waals surface area contributed by atoms with Gasteiger partial charge in [0, 0.05) is 25.7 Å². The third-order valence-electron chi connectivity index (χ3n) is 5.11. The molecular formula is C16H27NO4. The minimum absolute atomic E-state index is 0.00554. The molecule has 21 heavy (non-hydrogen) atoms. The van der Waals surface area contributed by atoms with Crippen molar-refractivity contribution in [2.24, 2.45) is 17.3 Å². The third-order valence-corrected chi connectivity index (χ3v) is 5.11. The Balaban J connectivity index is 1.82. The second kappa shape index (κ2) is 7.25. The molecule has 1 heterocycles. The van der Waals surface area contributed by atoms with Crippen LogP contribution in [0.3, 0.4) is 0 Å². The molecule has 2 fully saturated rings. The van der Waals surface area contributed by atoms with Crippen LogP contribution in [0.2, 0.25) is 0 Å². The van der Waals surface area contributed by atoms with Crippen molar-refractivity contribution in [3.05, 3.63) is 0 Å². The minimum Gasteiger partial charge on any atom is -0.481 e. The Hall–Kier alpha value is -1.10. The topological polar surface area (TPSA) is 75.6 Å². The summed E-state index contributed by atoms with van der Waals surface area (Å²) in [5, 5.41) is 12.3. The summed E-state index contributed by atoms with van der Waals surface area (Å²) in [6.45, 7) is 3.09. The van der Waals surface area contributed by atoms with Crippen molar-refractivity contribution in [3.8, 4) is 0 Å². The van der Waals surface area contributed by atoms with Gasteiger partial charge >= 0.3 is 5.97 Å². The fourth-order valence-electron chi connectivity index (χ4n) is 3.51. The number of carboxylic acid groups (broad SMARTS) is 1. The van der Waals surface area contributed by atoms with Crippen LogP contribution < -0.4 is 5.32 Å². The van der Waals surface area contributed by atoms with Gasteiger partial charge in [0.2, 0.25) is 5.91 Å². The molecule has 0 aromatic carbocycles. The minimum atomic E-state index is -0.846. The molecule has 1 amide bonds. The van der Waals surface area contributed by atoms with Crippen molar-refractivity contribution in [2.75, 3.05) is 19.8 Å². The number of carboxylic acids is 1. The first kappa shape index (κ1) is 16.3. The third kappa shape index (κ3) is 4.19. The van der Waals surface area contributed by atoms with Gasteiger partial charge in [-0.2, -0.15) is 0 Å². The van der Waals surface area contributed by atoms with Gasteiger partial charge in [-0.1, -0.05) is 32.6 Å². The van der Waals surface area contributed by atoms with E-state index in [9.17, 15) is 14.7 Å². The van der Waals surface area contributed by atoms with E-state index < -0.39 is 11.4 Å². The van der Waals surface area contributed by atoms with Crippen molar-refractivity contribution in [3.63, 3.8) is 0 Å². The predicted octanol–water partition coefficient (Wildman–Crippen LogP) is 2.20. The Labute approximate surface area is 126 Å². The average Bonchev–Trinajstić information content (AvgIpc) is 2.98. The Morgan fingerprint density at radius 3 is 2.48 bits per heavy atom. The van der Waals surface area contributed by atoms with E-state index in [0.717, 1.165) is 6.42 Å². The number of ether oxygens (including phenoxy) is 1. The van der Waals surface area contributed by atoms with Gasteiger partial charge in [0.05, 0.1) is 5.41 Å². The Bertz CT molecular complexity index is 370. The van der Waals surface area contributed by atoms with Gasteiger partial charge in [-0.3, -0.25) is 9.59 Å². The molecule has 1 saturated heterocycles. The van der Waals surface area contributed by atoms with Crippen LogP contribution in [-0.2, 0) is 14.3 Å². The molecule has 1 unspecified atom stereocenters. The van der Waals surface area contributed by atoms with E-state index in [0.29, 0.717) is 32.0 Å². The van der Waals surface area contributed by atoms with Crippen LogP contribution >= 0.6 is 0 Å². The second-order valence-electron chi connectivity index (χ2n) is 6.70. The van der Waals surface area contributed by atoms with Crippen molar-refractivity contribution in [1.29, 1.82) is 0 Å². The van der Waals surface area contributed by atoms with Gasteiger partial charge in [-0.05, 0) is 25.2 Å². The van der Waals surface area contributed by atoms with Crippen LogP contribution in [0.5, 0.6) is 0 Å². The van der Waals surface area contributed by atoms with E-state index >= 15 is 0 Å². The zero-order valence-electron chi connectivity index (χ0n) is 12.9. The molecule has 0 radical (unpaired) electrons. The summed E-state index contributed by atoms with van der Waals surface area (Å²) in [5.41, 5.74) is -0.846. The number of hydrogen-bond acceptors (Lipinski definition) is 3. The van der Waals surface area contributed by atoms with Crippen molar-refractivity contribution in [1.82, 2.24) is 5.32 Å². The monoisotopic (exact) mass is 297 g/mol. The number of hydrogen-bond donors (Lipinski definition) is 2. The lowest BCUT2D eigenvalue weighted by molar-refractivity contribution is -0.154. The quantitative estimate of drug-likeness (QED) is 0.788. The SMILES string of the molecule is CC(CC1CCCC1)C(=O)NCC1(C(=O)O)CCOCC1. The maximum atomic E-state index is 12.2. The van der Waals surface area contributed by atoms with Crippen molar-refractivity contribution in [2.45, 2.75) is 51.9 Å². The fourth-order valence-corrected chi connectivity index (χ4v) is 3.51. The normalized spacial score (nSPS) is 23.7. The molecule has 2 aliphatic rings. The average molecular weight is 297 g/mol. The van der Waals surface area contributed by atoms with E-state index in [1.165, 1.54) is 25.7 Å². The standard InChI is InChI=1S/C16H27NO4/c1-12(10-13-4-2-3-5-13)14(18)17-11-16(15(19)20)6-8-21-9-7-16/h12-13H,2-11H2,1H3,(H,17,18)(H,19,20). The molecule has 0 aromatic heterocycles. The molecule has 5 nitrogen and oxygen atoms in total. The Kier molecular flexibility index (Phi) is 5.62. The molecule has 0 spiro atoms. The Morgan fingerprint density at radius 2 is 1.90 bits per heavy atom. The summed E-state index contributed by atoms with van der Waals surface area (Å²) in [6, 6.07) is 0. The molecule has 1 saturated carbocycles. The summed E-state index contributed by atoms with van der Waals surface area (Å²) in [5.74, 6) is -0.190. The highest BCUT2D eigenvalue weighted by molar-refractivity contribution is 5.80. The number of amides is 1. The number of rotatable bonds is 6. The van der Waals surface area contributed by atoms with E-state index in [2.05, 4.69) is 5.32 Å². The van der Waals surface area contributed by atoms with Gasteiger partial charge in [-0.25, -0.2) is 0 Å². The second-order valence-corrected chi connectivity index (χ2v) is 6.70.